The van der Waals surface area contributed by atoms with Crippen molar-refractivity contribution in [2.24, 2.45) is 4.99 Å². The summed E-state index contributed by atoms with van der Waals surface area (Å²) in [4.78, 5) is 6.69. The fourth-order valence-electron chi connectivity index (χ4n) is 2.61. The van der Waals surface area contributed by atoms with Gasteiger partial charge in [-0.3, -0.25) is 9.89 Å². The highest BCUT2D eigenvalue weighted by Gasteiger charge is 2.19. The number of likely N-dealkylation sites (tertiary alicyclic amines) is 1. The van der Waals surface area contributed by atoms with Gasteiger partial charge < -0.3 is 10.6 Å². The van der Waals surface area contributed by atoms with Crippen LogP contribution >= 0.6 is 39.9 Å². The monoisotopic (exact) mass is 490 g/mol. The minimum atomic E-state index is 0. The highest BCUT2D eigenvalue weighted by atomic mass is 127. The van der Waals surface area contributed by atoms with Gasteiger partial charge in [0.15, 0.2) is 5.96 Å². The topological polar surface area (TPSA) is 39.7 Å². The summed E-state index contributed by atoms with van der Waals surface area (Å²) >= 11 is 3.47. The summed E-state index contributed by atoms with van der Waals surface area (Å²) in [6.45, 7) is 3.71. The lowest BCUT2D eigenvalue weighted by molar-refractivity contribution is 0.198. The second kappa shape index (κ2) is 10.9. The van der Waals surface area contributed by atoms with E-state index in [9.17, 15) is 0 Å². The third-order valence-electron chi connectivity index (χ3n) is 3.83. The van der Waals surface area contributed by atoms with Crippen LogP contribution in [0.25, 0.3) is 0 Å². The summed E-state index contributed by atoms with van der Waals surface area (Å²) in [5.41, 5.74) is 1.36. The second-order valence-corrected chi connectivity index (χ2v) is 6.37. The molecule has 0 radical (unpaired) electrons. The van der Waals surface area contributed by atoms with Crippen LogP contribution in [0.15, 0.2) is 33.7 Å². The van der Waals surface area contributed by atoms with E-state index in [-0.39, 0.29) is 24.0 Å². The molecule has 2 N–H and O–H groups in total. The van der Waals surface area contributed by atoms with Crippen molar-refractivity contribution in [2.75, 3.05) is 26.7 Å². The molecule has 0 atom stereocenters. The van der Waals surface area contributed by atoms with Crippen molar-refractivity contribution in [1.82, 2.24) is 15.5 Å². The number of piperidine rings is 1. The molecule has 0 bridgehead atoms. The first-order valence-corrected chi connectivity index (χ1v) is 8.38. The van der Waals surface area contributed by atoms with Crippen LogP contribution in [-0.2, 0) is 6.54 Å². The van der Waals surface area contributed by atoms with E-state index in [0.29, 0.717) is 12.6 Å². The number of benzene rings is 1. The summed E-state index contributed by atoms with van der Waals surface area (Å²) in [7, 11) is 1.77. The lowest BCUT2D eigenvalue weighted by Crippen LogP contribution is -2.48. The SMILES string of the molecule is C#CCNC(=NC)NC1CCN(Cc2ccc(Br)cc2)CC1.I. The van der Waals surface area contributed by atoms with Gasteiger partial charge in [0.1, 0.15) is 0 Å². The fraction of sp³-hybridized carbons (Fsp3) is 0.471. The van der Waals surface area contributed by atoms with Gasteiger partial charge in [-0.15, -0.1) is 30.4 Å². The molecule has 23 heavy (non-hydrogen) atoms. The third kappa shape index (κ3) is 7.10. The molecule has 1 aromatic carbocycles. The van der Waals surface area contributed by atoms with Crippen molar-refractivity contribution >= 4 is 45.9 Å². The summed E-state index contributed by atoms with van der Waals surface area (Å²) in [5.74, 6) is 3.36. The summed E-state index contributed by atoms with van der Waals surface area (Å²) in [6, 6.07) is 9.03. The molecule has 1 heterocycles. The van der Waals surface area contributed by atoms with Crippen LogP contribution in [0.2, 0.25) is 0 Å². The van der Waals surface area contributed by atoms with Gasteiger partial charge in [0.25, 0.3) is 0 Å². The van der Waals surface area contributed by atoms with E-state index in [1.54, 1.807) is 7.05 Å². The zero-order valence-electron chi connectivity index (χ0n) is 13.4. The summed E-state index contributed by atoms with van der Waals surface area (Å²) < 4.78 is 1.13. The smallest absolute Gasteiger partial charge is 0.191 e. The molecule has 0 unspecified atom stereocenters. The van der Waals surface area contributed by atoms with Crippen molar-refractivity contribution in [3.63, 3.8) is 0 Å². The van der Waals surface area contributed by atoms with Crippen molar-refractivity contribution in [2.45, 2.75) is 25.4 Å². The zero-order valence-corrected chi connectivity index (χ0v) is 17.3. The molecule has 0 aromatic heterocycles. The Bertz CT molecular complexity index is 531. The van der Waals surface area contributed by atoms with Crippen LogP contribution < -0.4 is 10.6 Å². The van der Waals surface area contributed by atoms with Crippen LogP contribution in [0.4, 0.5) is 0 Å². The van der Waals surface area contributed by atoms with E-state index in [2.05, 4.69) is 66.6 Å². The maximum atomic E-state index is 5.26. The van der Waals surface area contributed by atoms with Gasteiger partial charge in [-0.1, -0.05) is 34.0 Å². The Balaban J connectivity index is 0.00000264. The maximum absolute atomic E-state index is 5.26. The van der Waals surface area contributed by atoms with Gasteiger partial charge in [0.2, 0.25) is 0 Å². The van der Waals surface area contributed by atoms with Gasteiger partial charge in [0.05, 0.1) is 6.54 Å². The third-order valence-corrected chi connectivity index (χ3v) is 4.36. The molecule has 6 heteroatoms. The number of guanidine groups is 1. The van der Waals surface area contributed by atoms with Crippen molar-refractivity contribution in [3.8, 4) is 12.3 Å². The fourth-order valence-corrected chi connectivity index (χ4v) is 2.87. The van der Waals surface area contributed by atoms with Gasteiger partial charge in [-0.05, 0) is 30.5 Å². The average molecular weight is 491 g/mol. The Morgan fingerprint density at radius 2 is 2.00 bits per heavy atom. The van der Waals surface area contributed by atoms with Crippen molar-refractivity contribution in [1.29, 1.82) is 0 Å². The van der Waals surface area contributed by atoms with Gasteiger partial charge in [-0.25, -0.2) is 0 Å². The molecular weight excluding hydrogens is 467 g/mol. The predicted molar refractivity (Wildman–Crippen MR) is 111 cm³/mol. The van der Waals surface area contributed by atoms with E-state index in [1.165, 1.54) is 5.56 Å². The highest BCUT2D eigenvalue weighted by Crippen LogP contribution is 2.16. The lowest BCUT2D eigenvalue weighted by atomic mass is 10.0. The molecule has 0 amide bonds. The molecule has 0 saturated carbocycles. The van der Waals surface area contributed by atoms with Gasteiger partial charge in [-0.2, -0.15) is 0 Å². The first-order valence-electron chi connectivity index (χ1n) is 7.58. The number of terminal acetylenes is 1. The Morgan fingerprint density at radius 1 is 1.35 bits per heavy atom. The maximum Gasteiger partial charge on any atom is 0.191 e. The van der Waals surface area contributed by atoms with E-state index >= 15 is 0 Å². The Labute approximate surface area is 164 Å². The number of nitrogens with one attached hydrogen (secondary N) is 2. The number of halogens is 2. The van der Waals surface area contributed by atoms with Crippen LogP contribution in [0.5, 0.6) is 0 Å². The number of aliphatic imine (C=N–C) groups is 1. The van der Waals surface area contributed by atoms with Gasteiger partial charge >= 0.3 is 0 Å². The molecule has 1 aromatic rings. The average Bonchev–Trinajstić information content (AvgIpc) is 2.55. The molecule has 1 saturated heterocycles. The number of hydrogen-bond acceptors (Lipinski definition) is 2. The number of rotatable bonds is 4. The minimum Gasteiger partial charge on any atom is -0.354 e. The normalized spacial score (nSPS) is 16.3. The molecular formula is C17H24BrIN4. The molecule has 4 nitrogen and oxygen atoms in total. The zero-order chi connectivity index (χ0) is 15.8. The first-order chi connectivity index (χ1) is 10.7. The minimum absolute atomic E-state index is 0. The Hall–Kier alpha value is -0.780. The van der Waals surface area contributed by atoms with Crippen LogP contribution in [-0.4, -0.2) is 43.6 Å². The van der Waals surface area contributed by atoms with E-state index in [0.717, 1.165) is 42.9 Å². The quantitative estimate of drug-likeness (QED) is 0.295. The van der Waals surface area contributed by atoms with E-state index in [4.69, 9.17) is 6.42 Å². The standard InChI is InChI=1S/C17H23BrN4.HI/c1-3-10-20-17(19-2)21-16-8-11-22(12-9-16)13-14-4-6-15(18)7-5-14;/h1,4-7,16H,8-13H2,2H3,(H2,19,20,21);1H. The lowest BCUT2D eigenvalue weighted by Gasteiger charge is -2.33. The molecule has 126 valence electrons. The predicted octanol–water partition coefficient (Wildman–Crippen LogP) is 2.83. The van der Waals surface area contributed by atoms with Crippen molar-refractivity contribution < 1.29 is 0 Å². The molecule has 0 aliphatic carbocycles. The van der Waals surface area contributed by atoms with Crippen LogP contribution in [0, 0.1) is 12.3 Å². The van der Waals surface area contributed by atoms with Crippen LogP contribution in [0.3, 0.4) is 0 Å². The number of nitrogens with zero attached hydrogens (tertiary/aromatic N) is 2. The summed E-state index contributed by atoms with van der Waals surface area (Å²) in [6.07, 6.45) is 7.50. The largest absolute Gasteiger partial charge is 0.354 e. The molecule has 0 spiro atoms. The van der Waals surface area contributed by atoms with E-state index in [1.807, 2.05) is 0 Å². The first kappa shape index (κ1) is 20.3. The Morgan fingerprint density at radius 3 is 2.57 bits per heavy atom. The molecule has 1 aliphatic rings. The molecule has 1 fully saturated rings. The molecule has 1 aliphatic heterocycles. The van der Waals surface area contributed by atoms with Crippen LogP contribution in [0.1, 0.15) is 18.4 Å². The Kier molecular flexibility index (Phi) is 9.60. The van der Waals surface area contributed by atoms with Gasteiger partial charge in [0, 0.05) is 37.2 Å². The summed E-state index contributed by atoms with van der Waals surface area (Å²) in [5, 5.41) is 6.55. The molecule has 2 rings (SSSR count). The van der Waals surface area contributed by atoms with E-state index < -0.39 is 0 Å². The number of hydrogen-bond donors (Lipinski definition) is 2. The van der Waals surface area contributed by atoms with Crippen molar-refractivity contribution in [3.05, 3.63) is 34.3 Å². The highest BCUT2D eigenvalue weighted by molar-refractivity contribution is 14.0. The second-order valence-electron chi connectivity index (χ2n) is 5.45.